The summed E-state index contributed by atoms with van der Waals surface area (Å²) in [5.74, 6) is -3.91. The minimum Gasteiger partial charge on any atom is -0.481 e. The lowest BCUT2D eigenvalue weighted by molar-refractivity contribution is -0.160. The Morgan fingerprint density at radius 3 is 2.41 bits per heavy atom. The van der Waals surface area contributed by atoms with E-state index in [0.717, 1.165) is 0 Å². The molecule has 6 heteroatoms. The molecule has 17 heavy (non-hydrogen) atoms. The highest BCUT2D eigenvalue weighted by molar-refractivity contribution is 6.00. The van der Waals surface area contributed by atoms with Crippen LogP contribution in [0.25, 0.3) is 0 Å². The van der Waals surface area contributed by atoms with Gasteiger partial charge >= 0.3 is 11.9 Å². The molecule has 0 amide bonds. The summed E-state index contributed by atoms with van der Waals surface area (Å²) in [6.45, 7) is 0. The SMILES string of the molecule is CN1[C@@H]2CC(=O)C(C(=O)O)[C@H]1C[C@H](C(=O)O)C2. The van der Waals surface area contributed by atoms with Crippen LogP contribution in [0.2, 0.25) is 0 Å². The number of ketones is 1. The smallest absolute Gasteiger partial charge is 0.315 e. The highest BCUT2D eigenvalue weighted by Crippen LogP contribution is 2.37. The monoisotopic (exact) mass is 241 g/mol. The fourth-order valence-corrected chi connectivity index (χ4v) is 3.00. The number of Topliss-reactive ketones (excluding diaryl/α,β-unsaturated/α-hetero) is 1. The van der Waals surface area contributed by atoms with Gasteiger partial charge < -0.3 is 10.2 Å². The van der Waals surface area contributed by atoms with Crippen LogP contribution >= 0.6 is 0 Å². The number of piperidine rings is 2. The van der Waals surface area contributed by atoms with Crippen LogP contribution in [0.5, 0.6) is 0 Å². The van der Waals surface area contributed by atoms with Crippen molar-refractivity contribution in [2.75, 3.05) is 7.05 Å². The molecule has 0 saturated carbocycles. The number of nitrogens with zero attached hydrogens (tertiary/aromatic N) is 1. The lowest BCUT2D eigenvalue weighted by atomic mass is 9.73. The zero-order chi connectivity index (χ0) is 12.7. The van der Waals surface area contributed by atoms with Gasteiger partial charge in [0.1, 0.15) is 11.7 Å². The molecule has 0 aliphatic carbocycles. The van der Waals surface area contributed by atoms with E-state index >= 15 is 0 Å². The molecule has 4 atom stereocenters. The van der Waals surface area contributed by atoms with E-state index in [2.05, 4.69) is 0 Å². The minimum atomic E-state index is -1.14. The average molecular weight is 241 g/mol. The van der Waals surface area contributed by atoms with Crippen LogP contribution < -0.4 is 0 Å². The molecule has 2 rings (SSSR count). The standard InChI is InChI=1S/C11H15NO5/c1-12-6-2-5(10(14)15)3-7(12)9(11(16)17)8(13)4-6/h5-7,9H,2-4H2,1H3,(H,14,15)(H,16,17)/t5-,6+,7-,9?/m1/s1. The molecule has 0 radical (unpaired) electrons. The number of carbonyl (C=O) groups excluding carboxylic acids is 1. The fraction of sp³-hybridized carbons (Fsp3) is 0.727. The first kappa shape index (κ1) is 12.0. The van der Waals surface area contributed by atoms with E-state index < -0.39 is 29.8 Å². The van der Waals surface area contributed by atoms with E-state index in [9.17, 15) is 14.4 Å². The molecular weight excluding hydrogens is 226 g/mol. The first-order chi connectivity index (χ1) is 7.91. The second-order valence-electron chi connectivity index (χ2n) is 4.88. The Morgan fingerprint density at radius 2 is 1.88 bits per heavy atom. The molecule has 0 aromatic heterocycles. The van der Waals surface area contributed by atoms with Crippen molar-refractivity contribution in [3.63, 3.8) is 0 Å². The van der Waals surface area contributed by atoms with E-state index in [1.165, 1.54) is 0 Å². The molecular formula is C11H15NO5. The van der Waals surface area contributed by atoms with E-state index in [1.54, 1.807) is 7.05 Å². The van der Waals surface area contributed by atoms with Gasteiger partial charge in [0, 0.05) is 18.5 Å². The van der Waals surface area contributed by atoms with Gasteiger partial charge in [-0.15, -0.1) is 0 Å². The van der Waals surface area contributed by atoms with E-state index in [4.69, 9.17) is 10.2 Å². The van der Waals surface area contributed by atoms with Gasteiger partial charge in [0.2, 0.25) is 0 Å². The molecule has 2 saturated heterocycles. The van der Waals surface area contributed by atoms with Gasteiger partial charge in [-0.2, -0.15) is 0 Å². The van der Waals surface area contributed by atoms with Crippen molar-refractivity contribution >= 4 is 17.7 Å². The molecule has 2 bridgehead atoms. The van der Waals surface area contributed by atoms with Crippen molar-refractivity contribution in [2.24, 2.45) is 11.8 Å². The molecule has 2 aliphatic heterocycles. The number of carbonyl (C=O) groups is 3. The maximum Gasteiger partial charge on any atom is 0.315 e. The van der Waals surface area contributed by atoms with Crippen LogP contribution in [0.4, 0.5) is 0 Å². The zero-order valence-corrected chi connectivity index (χ0v) is 9.50. The zero-order valence-electron chi connectivity index (χ0n) is 9.50. The molecule has 0 aromatic rings. The Bertz CT molecular complexity index is 380. The predicted octanol–water partition coefficient (Wildman–Crippen LogP) is -0.176. The van der Waals surface area contributed by atoms with Crippen LogP contribution in [0.3, 0.4) is 0 Å². The largest absolute Gasteiger partial charge is 0.481 e. The molecule has 2 fully saturated rings. The van der Waals surface area contributed by atoms with Crippen LogP contribution in [-0.4, -0.2) is 52.0 Å². The highest BCUT2D eigenvalue weighted by atomic mass is 16.4. The highest BCUT2D eigenvalue weighted by Gasteiger charge is 2.49. The molecule has 2 aliphatic rings. The number of aliphatic carboxylic acids is 2. The van der Waals surface area contributed by atoms with Crippen molar-refractivity contribution in [2.45, 2.75) is 31.3 Å². The molecule has 2 heterocycles. The van der Waals surface area contributed by atoms with Crippen molar-refractivity contribution < 1.29 is 24.6 Å². The van der Waals surface area contributed by atoms with Crippen molar-refractivity contribution in [3.8, 4) is 0 Å². The van der Waals surface area contributed by atoms with Gasteiger partial charge in [0.15, 0.2) is 0 Å². The van der Waals surface area contributed by atoms with Gasteiger partial charge in [-0.3, -0.25) is 19.3 Å². The molecule has 0 aromatic carbocycles. The maximum atomic E-state index is 11.7. The predicted molar refractivity (Wildman–Crippen MR) is 56.4 cm³/mol. The van der Waals surface area contributed by atoms with Crippen molar-refractivity contribution in [3.05, 3.63) is 0 Å². The Balaban J connectivity index is 2.27. The quantitative estimate of drug-likeness (QED) is 0.651. The summed E-state index contributed by atoms with van der Waals surface area (Å²) < 4.78 is 0. The van der Waals surface area contributed by atoms with Crippen molar-refractivity contribution in [1.29, 1.82) is 0 Å². The summed E-state index contributed by atoms with van der Waals surface area (Å²) in [4.78, 5) is 35.7. The third kappa shape index (κ3) is 1.93. The summed E-state index contributed by atoms with van der Waals surface area (Å²) >= 11 is 0. The third-order valence-corrected chi connectivity index (χ3v) is 3.97. The topological polar surface area (TPSA) is 94.9 Å². The minimum absolute atomic E-state index is 0.127. The Morgan fingerprint density at radius 1 is 1.24 bits per heavy atom. The molecule has 1 unspecified atom stereocenters. The van der Waals surface area contributed by atoms with Gasteiger partial charge in [-0.1, -0.05) is 0 Å². The Kier molecular flexibility index (Phi) is 2.91. The number of carboxylic acids is 2. The second kappa shape index (κ2) is 4.10. The molecule has 6 nitrogen and oxygen atoms in total. The number of hydrogen-bond donors (Lipinski definition) is 2. The number of carboxylic acid groups (broad SMARTS) is 2. The van der Waals surface area contributed by atoms with Crippen LogP contribution in [-0.2, 0) is 14.4 Å². The summed E-state index contributed by atoms with van der Waals surface area (Å²) in [5, 5.41) is 18.1. The van der Waals surface area contributed by atoms with Gasteiger partial charge in [0.05, 0.1) is 5.92 Å². The van der Waals surface area contributed by atoms with Crippen LogP contribution in [0.1, 0.15) is 19.3 Å². The first-order valence-corrected chi connectivity index (χ1v) is 5.62. The van der Waals surface area contributed by atoms with E-state index in [-0.39, 0.29) is 24.7 Å². The number of hydrogen-bond acceptors (Lipinski definition) is 4. The molecule has 0 spiro atoms. The third-order valence-electron chi connectivity index (χ3n) is 3.97. The van der Waals surface area contributed by atoms with E-state index in [0.29, 0.717) is 6.42 Å². The number of fused-ring (bicyclic) bond motifs is 2. The molecule has 94 valence electrons. The summed E-state index contributed by atoms with van der Waals surface area (Å²) in [7, 11) is 1.77. The molecule has 2 N–H and O–H groups in total. The summed E-state index contributed by atoms with van der Waals surface area (Å²) in [6, 6.07) is -0.605. The lowest BCUT2D eigenvalue weighted by Gasteiger charge is -2.47. The second-order valence-corrected chi connectivity index (χ2v) is 4.88. The fourth-order valence-electron chi connectivity index (χ4n) is 3.00. The maximum absolute atomic E-state index is 11.7. The Labute approximate surface area is 98.2 Å². The van der Waals surface area contributed by atoms with Crippen molar-refractivity contribution in [1.82, 2.24) is 4.90 Å². The van der Waals surface area contributed by atoms with Crippen LogP contribution in [0, 0.1) is 11.8 Å². The average Bonchev–Trinajstić information content (AvgIpc) is 2.19. The first-order valence-electron chi connectivity index (χ1n) is 5.62. The van der Waals surface area contributed by atoms with E-state index in [1.807, 2.05) is 4.90 Å². The van der Waals surface area contributed by atoms with Crippen LogP contribution in [0.15, 0.2) is 0 Å². The lowest BCUT2D eigenvalue weighted by Crippen LogP contribution is -2.59. The summed E-state index contributed by atoms with van der Waals surface area (Å²) in [6.07, 6.45) is 0.819. The summed E-state index contributed by atoms with van der Waals surface area (Å²) in [5.41, 5.74) is 0. The van der Waals surface area contributed by atoms with Gasteiger partial charge in [0.25, 0.3) is 0 Å². The number of rotatable bonds is 2. The van der Waals surface area contributed by atoms with Gasteiger partial charge in [-0.25, -0.2) is 0 Å². The Hall–Kier alpha value is -1.43. The van der Waals surface area contributed by atoms with Gasteiger partial charge in [-0.05, 0) is 19.9 Å². The normalized spacial score (nSPS) is 37.8.